The molecule has 3 aliphatic rings. The molecular formula is C27H28N4O5. The van der Waals surface area contributed by atoms with Crippen molar-refractivity contribution in [2.45, 2.75) is 25.0 Å². The van der Waals surface area contributed by atoms with Crippen molar-refractivity contribution in [2.75, 3.05) is 38.3 Å². The zero-order valence-corrected chi connectivity index (χ0v) is 20.1. The van der Waals surface area contributed by atoms with Gasteiger partial charge in [0.05, 0.1) is 19.2 Å². The number of ether oxygens (including phenoxy) is 3. The second kappa shape index (κ2) is 9.14. The number of aromatic nitrogens is 1. The zero-order valence-electron chi connectivity index (χ0n) is 20.1. The van der Waals surface area contributed by atoms with Gasteiger partial charge < -0.3 is 33.9 Å². The molecule has 186 valence electrons. The van der Waals surface area contributed by atoms with Crippen molar-refractivity contribution >= 4 is 17.6 Å². The minimum atomic E-state index is -0.288. The molecule has 0 spiro atoms. The number of hydrogen-bond acceptors (Lipinski definition) is 5. The van der Waals surface area contributed by atoms with E-state index in [2.05, 4.69) is 16.0 Å². The van der Waals surface area contributed by atoms with Crippen LogP contribution in [0.4, 0.5) is 10.5 Å². The Hall–Kier alpha value is -4.14. The van der Waals surface area contributed by atoms with Gasteiger partial charge in [-0.1, -0.05) is 12.1 Å². The lowest BCUT2D eigenvalue weighted by Crippen LogP contribution is -2.50. The number of rotatable bonds is 4. The molecule has 0 aliphatic carbocycles. The van der Waals surface area contributed by atoms with E-state index in [1.807, 2.05) is 59.6 Å². The summed E-state index contributed by atoms with van der Waals surface area (Å²) in [7, 11) is 1.64. The molecule has 0 saturated carbocycles. The van der Waals surface area contributed by atoms with Gasteiger partial charge in [0.15, 0.2) is 11.5 Å². The van der Waals surface area contributed by atoms with E-state index >= 15 is 0 Å². The molecular weight excluding hydrogens is 460 g/mol. The second-order valence-corrected chi connectivity index (χ2v) is 9.18. The van der Waals surface area contributed by atoms with Crippen LogP contribution in [-0.2, 0) is 11.3 Å². The number of carbonyl (C=O) groups excluding carboxylic acids is 2. The van der Waals surface area contributed by atoms with Crippen LogP contribution in [0, 0.1) is 0 Å². The average Bonchev–Trinajstić information content (AvgIpc) is 3.54. The molecule has 4 heterocycles. The van der Waals surface area contributed by atoms with Crippen molar-refractivity contribution in [1.82, 2.24) is 14.8 Å². The molecule has 9 nitrogen and oxygen atoms in total. The number of hydrogen-bond donors (Lipinski definition) is 1. The van der Waals surface area contributed by atoms with Gasteiger partial charge in [-0.15, -0.1) is 0 Å². The van der Waals surface area contributed by atoms with E-state index in [0.717, 1.165) is 29.2 Å². The summed E-state index contributed by atoms with van der Waals surface area (Å²) >= 11 is 0. The standard InChI is InChI=1S/C27H28N4O5/c1-34-21-7-4-18(5-8-21)26-22-3-2-10-29(22)11-12-30(26)27(33)28-19-15-25(32)31(17-19)20-6-9-23-24(16-20)36-14-13-35-23/h2-10,16,19,26H,11-15,17H2,1H3,(H,28,33). The maximum Gasteiger partial charge on any atom is 0.318 e. The summed E-state index contributed by atoms with van der Waals surface area (Å²) in [6.07, 6.45) is 2.29. The summed E-state index contributed by atoms with van der Waals surface area (Å²) < 4.78 is 18.8. The number of benzene rings is 2. The van der Waals surface area contributed by atoms with Gasteiger partial charge in [0.2, 0.25) is 5.91 Å². The fraction of sp³-hybridized carbons (Fsp3) is 0.333. The van der Waals surface area contributed by atoms with Gasteiger partial charge in [-0.2, -0.15) is 0 Å². The van der Waals surface area contributed by atoms with Gasteiger partial charge in [0.25, 0.3) is 0 Å². The van der Waals surface area contributed by atoms with Crippen LogP contribution in [0.5, 0.6) is 17.2 Å². The molecule has 2 unspecified atom stereocenters. The van der Waals surface area contributed by atoms with Crippen LogP contribution in [-0.4, -0.2) is 60.9 Å². The van der Waals surface area contributed by atoms with Crippen molar-refractivity contribution < 1.29 is 23.8 Å². The Kier molecular flexibility index (Phi) is 5.67. The molecule has 6 rings (SSSR count). The van der Waals surface area contributed by atoms with E-state index in [0.29, 0.717) is 37.8 Å². The van der Waals surface area contributed by atoms with Crippen LogP contribution in [0.15, 0.2) is 60.8 Å². The summed E-state index contributed by atoms with van der Waals surface area (Å²) in [4.78, 5) is 30.0. The lowest BCUT2D eigenvalue weighted by Gasteiger charge is -2.38. The molecule has 1 N–H and O–H groups in total. The quantitative estimate of drug-likeness (QED) is 0.610. The molecule has 1 fully saturated rings. The van der Waals surface area contributed by atoms with Gasteiger partial charge in [-0.25, -0.2) is 4.79 Å². The first-order chi connectivity index (χ1) is 17.6. The highest BCUT2D eigenvalue weighted by Gasteiger charge is 2.36. The molecule has 2 aromatic carbocycles. The van der Waals surface area contributed by atoms with Crippen LogP contribution >= 0.6 is 0 Å². The number of anilines is 1. The molecule has 36 heavy (non-hydrogen) atoms. The molecule has 9 heteroatoms. The normalized spacial score (nSPS) is 20.8. The maximum atomic E-state index is 13.5. The lowest BCUT2D eigenvalue weighted by atomic mass is 10.00. The van der Waals surface area contributed by atoms with Crippen LogP contribution in [0.25, 0.3) is 0 Å². The first-order valence-electron chi connectivity index (χ1n) is 12.2. The van der Waals surface area contributed by atoms with Gasteiger partial charge in [0, 0.05) is 49.7 Å². The average molecular weight is 489 g/mol. The summed E-state index contributed by atoms with van der Waals surface area (Å²) in [5.41, 5.74) is 2.81. The summed E-state index contributed by atoms with van der Waals surface area (Å²) in [5, 5.41) is 3.12. The van der Waals surface area contributed by atoms with Crippen molar-refractivity contribution in [1.29, 1.82) is 0 Å². The Morgan fingerprint density at radius 1 is 1.03 bits per heavy atom. The van der Waals surface area contributed by atoms with Crippen LogP contribution < -0.4 is 24.4 Å². The first kappa shape index (κ1) is 22.3. The number of amides is 3. The van der Waals surface area contributed by atoms with E-state index in [4.69, 9.17) is 14.2 Å². The van der Waals surface area contributed by atoms with Gasteiger partial charge in [0.1, 0.15) is 19.0 Å². The van der Waals surface area contributed by atoms with E-state index in [9.17, 15) is 9.59 Å². The molecule has 0 bridgehead atoms. The summed E-state index contributed by atoms with van der Waals surface area (Å²) in [5.74, 6) is 2.06. The summed E-state index contributed by atoms with van der Waals surface area (Å²) in [6.45, 7) is 2.69. The third-order valence-electron chi connectivity index (χ3n) is 7.02. The molecule has 3 aliphatic heterocycles. The predicted octanol–water partition coefficient (Wildman–Crippen LogP) is 3.19. The molecule has 1 saturated heterocycles. The van der Waals surface area contributed by atoms with Crippen molar-refractivity contribution in [3.05, 3.63) is 72.1 Å². The second-order valence-electron chi connectivity index (χ2n) is 9.18. The largest absolute Gasteiger partial charge is 0.497 e. The Morgan fingerprint density at radius 3 is 2.64 bits per heavy atom. The number of urea groups is 1. The first-order valence-corrected chi connectivity index (χ1v) is 12.2. The zero-order chi connectivity index (χ0) is 24.6. The SMILES string of the molecule is COc1ccc(C2c3cccn3CCN2C(=O)NC2CC(=O)N(c3ccc4c(c3)OCCO4)C2)cc1. The third kappa shape index (κ3) is 4.00. The van der Waals surface area contributed by atoms with Gasteiger partial charge >= 0.3 is 6.03 Å². The van der Waals surface area contributed by atoms with Crippen molar-refractivity contribution in [2.24, 2.45) is 0 Å². The Balaban J connectivity index is 1.19. The lowest BCUT2D eigenvalue weighted by molar-refractivity contribution is -0.117. The van der Waals surface area contributed by atoms with Crippen LogP contribution in [0.3, 0.4) is 0 Å². The van der Waals surface area contributed by atoms with E-state index in [1.165, 1.54) is 0 Å². The molecule has 0 radical (unpaired) electrons. The highest BCUT2D eigenvalue weighted by atomic mass is 16.6. The number of nitrogens with zero attached hydrogens (tertiary/aromatic N) is 3. The molecule has 3 aromatic rings. The van der Waals surface area contributed by atoms with Crippen LogP contribution in [0.2, 0.25) is 0 Å². The van der Waals surface area contributed by atoms with Gasteiger partial charge in [-0.3, -0.25) is 4.79 Å². The number of carbonyl (C=O) groups is 2. The topological polar surface area (TPSA) is 85.3 Å². The maximum absolute atomic E-state index is 13.5. The van der Waals surface area contributed by atoms with Crippen LogP contribution in [0.1, 0.15) is 23.7 Å². The molecule has 2 atom stereocenters. The Morgan fingerprint density at radius 2 is 1.83 bits per heavy atom. The fourth-order valence-electron chi connectivity index (χ4n) is 5.25. The predicted molar refractivity (Wildman–Crippen MR) is 133 cm³/mol. The van der Waals surface area contributed by atoms with E-state index < -0.39 is 0 Å². The third-order valence-corrected chi connectivity index (χ3v) is 7.02. The highest BCUT2D eigenvalue weighted by Crippen LogP contribution is 2.36. The molecule has 1 aromatic heterocycles. The van der Waals surface area contributed by atoms with Crippen molar-refractivity contribution in [3.8, 4) is 17.2 Å². The Labute approximate surface area is 209 Å². The monoisotopic (exact) mass is 488 g/mol. The summed E-state index contributed by atoms with van der Waals surface area (Å²) in [6, 6.07) is 16.7. The Bertz CT molecular complexity index is 1290. The van der Waals surface area contributed by atoms with Crippen molar-refractivity contribution in [3.63, 3.8) is 0 Å². The smallest absolute Gasteiger partial charge is 0.318 e. The minimum Gasteiger partial charge on any atom is -0.497 e. The number of fused-ring (bicyclic) bond motifs is 2. The minimum absolute atomic E-state index is 0.0313. The fourth-order valence-corrected chi connectivity index (χ4v) is 5.25. The highest BCUT2D eigenvalue weighted by molar-refractivity contribution is 5.97. The number of methoxy groups -OCH3 is 1. The van der Waals surface area contributed by atoms with E-state index in [1.54, 1.807) is 12.0 Å². The number of nitrogens with one attached hydrogen (secondary N) is 1. The van der Waals surface area contributed by atoms with Gasteiger partial charge in [-0.05, 0) is 42.0 Å². The van der Waals surface area contributed by atoms with E-state index in [-0.39, 0.29) is 30.4 Å². The molecule has 3 amide bonds.